The molecule has 0 spiro atoms. The Morgan fingerprint density at radius 1 is 1.42 bits per heavy atom. The summed E-state index contributed by atoms with van der Waals surface area (Å²) in [5.74, 6) is 0.00505. The molecule has 19 heavy (non-hydrogen) atoms. The lowest BCUT2D eigenvalue weighted by Gasteiger charge is -2.19. The highest BCUT2D eigenvalue weighted by Gasteiger charge is 2.28. The van der Waals surface area contributed by atoms with Gasteiger partial charge in [-0.25, -0.2) is 0 Å². The van der Waals surface area contributed by atoms with Gasteiger partial charge < -0.3 is 15.4 Å². The van der Waals surface area contributed by atoms with Gasteiger partial charge in [-0.3, -0.25) is 4.79 Å². The number of ether oxygens (including phenoxy) is 1. The summed E-state index contributed by atoms with van der Waals surface area (Å²) >= 11 is 0. The Bertz CT molecular complexity index is 487. The highest BCUT2D eigenvalue weighted by molar-refractivity contribution is 5.95. The van der Waals surface area contributed by atoms with Crippen molar-refractivity contribution in [1.82, 2.24) is 5.32 Å². The van der Waals surface area contributed by atoms with Gasteiger partial charge in [0.05, 0.1) is 12.1 Å². The standard InChI is InChI=1S/C15H20N2O2/c1-19-14-4-2-3-12(14)17-15(18)11-6-5-10-7-8-16-13(10)9-11/h5-6,9,12,14,16H,2-4,7-8H2,1H3,(H,17,18). The SMILES string of the molecule is COC1CCCC1NC(=O)c1ccc2c(c1)NCC2. The Hall–Kier alpha value is -1.55. The minimum atomic E-state index is 0.00505. The maximum absolute atomic E-state index is 12.3. The topological polar surface area (TPSA) is 50.4 Å². The fourth-order valence-corrected chi connectivity index (χ4v) is 3.06. The molecule has 3 rings (SSSR count). The zero-order valence-corrected chi connectivity index (χ0v) is 11.2. The first-order valence-corrected chi connectivity index (χ1v) is 6.98. The van der Waals surface area contributed by atoms with Crippen molar-refractivity contribution in [3.8, 4) is 0 Å². The van der Waals surface area contributed by atoms with Crippen LogP contribution in [0.1, 0.15) is 35.2 Å². The molecule has 102 valence electrons. The van der Waals surface area contributed by atoms with Crippen LogP contribution in [0.15, 0.2) is 18.2 Å². The van der Waals surface area contributed by atoms with Gasteiger partial charge in [-0.1, -0.05) is 6.07 Å². The molecule has 1 fully saturated rings. The van der Waals surface area contributed by atoms with Crippen LogP contribution in [-0.2, 0) is 11.2 Å². The van der Waals surface area contributed by atoms with E-state index in [1.54, 1.807) is 7.11 Å². The molecule has 4 heteroatoms. The van der Waals surface area contributed by atoms with Crippen LogP contribution >= 0.6 is 0 Å². The summed E-state index contributed by atoms with van der Waals surface area (Å²) in [7, 11) is 1.72. The van der Waals surface area contributed by atoms with Crippen molar-refractivity contribution in [1.29, 1.82) is 0 Å². The number of benzene rings is 1. The van der Waals surface area contributed by atoms with E-state index in [-0.39, 0.29) is 18.1 Å². The van der Waals surface area contributed by atoms with Crippen LogP contribution < -0.4 is 10.6 Å². The number of fused-ring (bicyclic) bond motifs is 1. The monoisotopic (exact) mass is 260 g/mol. The smallest absolute Gasteiger partial charge is 0.251 e. The quantitative estimate of drug-likeness (QED) is 0.873. The molecule has 1 aromatic rings. The Morgan fingerprint density at radius 2 is 2.32 bits per heavy atom. The van der Waals surface area contributed by atoms with Gasteiger partial charge in [0.1, 0.15) is 0 Å². The average molecular weight is 260 g/mol. The zero-order valence-electron chi connectivity index (χ0n) is 11.2. The molecule has 1 aliphatic heterocycles. The van der Waals surface area contributed by atoms with Gasteiger partial charge in [-0.05, 0) is 43.4 Å². The third-order valence-electron chi connectivity index (χ3n) is 4.15. The number of hydrogen-bond acceptors (Lipinski definition) is 3. The van der Waals surface area contributed by atoms with Crippen LogP contribution in [-0.4, -0.2) is 31.7 Å². The maximum atomic E-state index is 12.3. The lowest BCUT2D eigenvalue weighted by atomic mass is 10.1. The number of nitrogens with one attached hydrogen (secondary N) is 2. The fraction of sp³-hybridized carbons (Fsp3) is 0.533. The number of hydrogen-bond donors (Lipinski definition) is 2. The maximum Gasteiger partial charge on any atom is 0.251 e. The van der Waals surface area contributed by atoms with Crippen LogP contribution in [0, 0.1) is 0 Å². The normalized spacial score (nSPS) is 24.9. The van der Waals surface area contributed by atoms with Gasteiger partial charge in [-0.2, -0.15) is 0 Å². The van der Waals surface area contributed by atoms with Crippen LogP contribution in [0.2, 0.25) is 0 Å². The third-order valence-corrected chi connectivity index (χ3v) is 4.15. The summed E-state index contributed by atoms with van der Waals surface area (Å²) in [4.78, 5) is 12.3. The average Bonchev–Trinajstić information content (AvgIpc) is 3.05. The molecular weight excluding hydrogens is 240 g/mol. The summed E-state index contributed by atoms with van der Waals surface area (Å²) < 4.78 is 5.41. The molecule has 1 aromatic carbocycles. The first-order valence-electron chi connectivity index (χ1n) is 6.98. The number of anilines is 1. The molecule has 2 unspecified atom stereocenters. The second kappa shape index (κ2) is 5.21. The molecule has 2 N–H and O–H groups in total. The van der Waals surface area contributed by atoms with E-state index in [9.17, 15) is 4.79 Å². The predicted molar refractivity (Wildman–Crippen MR) is 74.5 cm³/mol. The van der Waals surface area contributed by atoms with Crippen molar-refractivity contribution in [2.24, 2.45) is 0 Å². The van der Waals surface area contributed by atoms with E-state index in [1.807, 2.05) is 18.2 Å². The largest absolute Gasteiger partial charge is 0.384 e. The summed E-state index contributed by atoms with van der Waals surface area (Å²) in [5, 5.41) is 6.40. The fourth-order valence-electron chi connectivity index (χ4n) is 3.06. The van der Waals surface area contributed by atoms with Gasteiger partial charge in [0.2, 0.25) is 0 Å². The molecule has 1 aliphatic carbocycles. The Labute approximate surface area is 113 Å². The van der Waals surface area contributed by atoms with Crippen molar-refractivity contribution >= 4 is 11.6 Å². The van der Waals surface area contributed by atoms with E-state index < -0.39 is 0 Å². The first kappa shape index (κ1) is 12.5. The van der Waals surface area contributed by atoms with E-state index in [2.05, 4.69) is 10.6 Å². The number of rotatable bonds is 3. The second-order valence-corrected chi connectivity index (χ2v) is 5.33. The molecular formula is C15H20N2O2. The number of amides is 1. The molecule has 1 amide bonds. The second-order valence-electron chi connectivity index (χ2n) is 5.33. The molecule has 0 saturated heterocycles. The predicted octanol–water partition coefficient (Wildman–Crippen LogP) is 1.95. The minimum Gasteiger partial charge on any atom is -0.384 e. The third kappa shape index (κ3) is 2.45. The van der Waals surface area contributed by atoms with Gasteiger partial charge in [-0.15, -0.1) is 0 Å². The Morgan fingerprint density at radius 3 is 3.16 bits per heavy atom. The van der Waals surface area contributed by atoms with Gasteiger partial charge in [0.15, 0.2) is 0 Å². The van der Waals surface area contributed by atoms with E-state index in [1.165, 1.54) is 5.56 Å². The van der Waals surface area contributed by atoms with Crippen LogP contribution in [0.4, 0.5) is 5.69 Å². The van der Waals surface area contributed by atoms with Crippen LogP contribution in [0.5, 0.6) is 0 Å². The molecule has 1 heterocycles. The van der Waals surface area contributed by atoms with E-state index in [4.69, 9.17) is 4.74 Å². The number of methoxy groups -OCH3 is 1. The van der Waals surface area contributed by atoms with E-state index in [0.29, 0.717) is 0 Å². The van der Waals surface area contributed by atoms with Crippen molar-refractivity contribution in [3.05, 3.63) is 29.3 Å². The lowest BCUT2D eigenvalue weighted by Crippen LogP contribution is -2.40. The van der Waals surface area contributed by atoms with Gasteiger partial charge in [0.25, 0.3) is 5.91 Å². The van der Waals surface area contributed by atoms with Crippen molar-refractivity contribution < 1.29 is 9.53 Å². The Balaban J connectivity index is 1.70. The molecule has 0 radical (unpaired) electrons. The van der Waals surface area contributed by atoms with Crippen LogP contribution in [0.3, 0.4) is 0 Å². The van der Waals surface area contributed by atoms with Gasteiger partial charge >= 0.3 is 0 Å². The lowest BCUT2D eigenvalue weighted by molar-refractivity contribution is 0.0722. The molecule has 2 atom stereocenters. The number of carbonyl (C=O) groups is 1. The van der Waals surface area contributed by atoms with Crippen molar-refractivity contribution in [2.45, 2.75) is 37.8 Å². The van der Waals surface area contributed by atoms with E-state index >= 15 is 0 Å². The molecule has 1 saturated carbocycles. The molecule has 0 bridgehead atoms. The van der Waals surface area contributed by atoms with Gasteiger partial charge in [0, 0.05) is 24.9 Å². The molecule has 4 nitrogen and oxygen atoms in total. The Kier molecular flexibility index (Phi) is 3.42. The molecule has 0 aromatic heterocycles. The number of carbonyl (C=O) groups excluding carboxylic acids is 1. The first-order chi connectivity index (χ1) is 9.28. The molecule has 2 aliphatic rings. The summed E-state index contributed by atoms with van der Waals surface area (Å²) in [6, 6.07) is 6.07. The van der Waals surface area contributed by atoms with Crippen molar-refractivity contribution in [3.63, 3.8) is 0 Å². The minimum absolute atomic E-state index is 0.00505. The highest BCUT2D eigenvalue weighted by Crippen LogP contribution is 2.25. The summed E-state index contributed by atoms with van der Waals surface area (Å²) in [5.41, 5.74) is 3.13. The van der Waals surface area contributed by atoms with E-state index in [0.717, 1.165) is 43.5 Å². The van der Waals surface area contributed by atoms with Crippen molar-refractivity contribution in [2.75, 3.05) is 19.0 Å². The summed E-state index contributed by atoms with van der Waals surface area (Å²) in [6.07, 6.45) is 4.37. The van der Waals surface area contributed by atoms with Crippen LogP contribution in [0.25, 0.3) is 0 Å². The zero-order chi connectivity index (χ0) is 13.2. The summed E-state index contributed by atoms with van der Waals surface area (Å²) in [6.45, 7) is 0.967. The highest BCUT2D eigenvalue weighted by atomic mass is 16.5.